The highest BCUT2D eigenvalue weighted by molar-refractivity contribution is 7.99. The maximum atomic E-state index is 3.60. The molecule has 0 saturated heterocycles. The second-order valence-electron chi connectivity index (χ2n) is 5.34. The van der Waals surface area contributed by atoms with Gasteiger partial charge in [-0.3, -0.25) is 0 Å². The van der Waals surface area contributed by atoms with Gasteiger partial charge in [-0.15, -0.1) is 0 Å². The summed E-state index contributed by atoms with van der Waals surface area (Å²) in [6.45, 7) is 12.1. The molecule has 0 bridgehead atoms. The molecule has 0 amide bonds. The third kappa shape index (κ3) is 5.92. The van der Waals surface area contributed by atoms with E-state index in [9.17, 15) is 0 Å². The molecule has 0 spiro atoms. The normalized spacial score (nSPS) is 13.0. The maximum absolute atomic E-state index is 3.60. The van der Waals surface area contributed by atoms with E-state index in [0.29, 0.717) is 11.3 Å². The Bertz CT molecular complexity index is 340. The number of nitrogens with one attached hydrogen (secondary N) is 1. The summed E-state index contributed by atoms with van der Waals surface area (Å²) < 4.78 is 0. The molecule has 18 heavy (non-hydrogen) atoms. The van der Waals surface area contributed by atoms with Crippen LogP contribution in [0.3, 0.4) is 0 Å². The fraction of sp³-hybridized carbons (Fsp3) is 0.625. The third-order valence-corrected chi connectivity index (χ3v) is 4.15. The number of hydrogen-bond donors (Lipinski definition) is 1. The standard InChI is InChI=1S/C16H27NS/c1-6-17-16(11-18-12(2)3)10-15-8-13(4)7-14(5)9-15/h7-9,12,16-17H,6,10-11H2,1-5H3. The van der Waals surface area contributed by atoms with Crippen molar-refractivity contribution in [2.24, 2.45) is 0 Å². The number of hydrogen-bond acceptors (Lipinski definition) is 2. The van der Waals surface area contributed by atoms with Crippen LogP contribution in [0, 0.1) is 13.8 Å². The summed E-state index contributed by atoms with van der Waals surface area (Å²) >= 11 is 2.04. The van der Waals surface area contributed by atoms with E-state index in [4.69, 9.17) is 0 Å². The quantitative estimate of drug-likeness (QED) is 0.800. The Balaban J connectivity index is 2.63. The lowest BCUT2D eigenvalue weighted by molar-refractivity contribution is 0.572. The number of benzene rings is 1. The highest BCUT2D eigenvalue weighted by atomic mass is 32.2. The minimum Gasteiger partial charge on any atom is -0.313 e. The molecule has 1 rings (SSSR count). The second-order valence-corrected chi connectivity index (χ2v) is 6.95. The van der Waals surface area contributed by atoms with E-state index in [2.05, 4.69) is 58.1 Å². The molecule has 0 aliphatic rings. The van der Waals surface area contributed by atoms with Crippen LogP contribution < -0.4 is 5.32 Å². The zero-order chi connectivity index (χ0) is 13.5. The van der Waals surface area contributed by atoms with Crippen molar-refractivity contribution >= 4 is 11.8 Å². The van der Waals surface area contributed by atoms with Gasteiger partial charge < -0.3 is 5.32 Å². The maximum Gasteiger partial charge on any atom is 0.0198 e. The Hall–Kier alpha value is -0.470. The molecular weight excluding hydrogens is 238 g/mol. The van der Waals surface area contributed by atoms with Crippen molar-refractivity contribution in [2.75, 3.05) is 12.3 Å². The summed E-state index contributed by atoms with van der Waals surface area (Å²) in [5, 5.41) is 4.32. The minimum atomic E-state index is 0.587. The topological polar surface area (TPSA) is 12.0 Å². The molecule has 0 aliphatic heterocycles. The van der Waals surface area contributed by atoms with Gasteiger partial charge in [0.25, 0.3) is 0 Å². The van der Waals surface area contributed by atoms with E-state index in [1.807, 2.05) is 11.8 Å². The van der Waals surface area contributed by atoms with Gasteiger partial charge in [-0.05, 0) is 37.6 Å². The molecule has 2 heteroatoms. The van der Waals surface area contributed by atoms with Gasteiger partial charge >= 0.3 is 0 Å². The first kappa shape index (κ1) is 15.6. The molecule has 1 N–H and O–H groups in total. The fourth-order valence-electron chi connectivity index (χ4n) is 2.26. The SMILES string of the molecule is CCNC(CSC(C)C)Cc1cc(C)cc(C)c1. The molecule has 0 aliphatic carbocycles. The highest BCUT2D eigenvalue weighted by Crippen LogP contribution is 2.15. The molecule has 0 fully saturated rings. The first-order valence-corrected chi connectivity index (χ1v) is 7.98. The third-order valence-electron chi connectivity index (χ3n) is 2.89. The molecular formula is C16H27NS. The largest absolute Gasteiger partial charge is 0.313 e. The van der Waals surface area contributed by atoms with E-state index in [1.165, 1.54) is 22.4 Å². The average Bonchev–Trinajstić information content (AvgIpc) is 2.24. The van der Waals surface area contributed by atoms with Gasteiger partial charge in [0.15, 0.2) is 0 Å². The van der Waals surface area contributed by atoms with Crippen LogP contribution >= 0.6 is 11.8 Å². The molecule has 0 radical (unpaired) electrons. The number of aryl methyl sites for hydroxylation is 2. The van der Waals surface area contributed by atoms with Crippen molar-refractivity contribution in [3.63, 3.8) is 0 Å². The van der Waals surface area contributed by atoms with Gasteiger partial charge in [0.1, 0.15) is 0 Å². The summed E-state index contributed by atoms with van der Waals surface area (Å²) in [5.74, 6) is 1.19. The van der Waals surface area contributed by atoms with Crippen LogP contribution in [0.1, 0.15) is 37.5 Å². The smallest absolute Gasteiger partial charge is 0.0198 e. The molecule has 1 nitrogen and oxygen atoms in total. The molecule has 0 aromatic heterocycles. The predicted molar refractivity (Wildman–Crippen MR) is 84.7 cm³/mol. The van der Waals surface area contributed by atoms with Gasteiger partial charge in [0.2, 0.25) is 0 Å². The minimum absolute atomic E-state index is 0.587. The Kier molecular flexibility index (Phi) is 6.80. The van der Waals surface area contributed by atoms with Crippen molar-refractivity contribution in [3.8, 4) is 0 Å². The summed E-state index contributed by atoms with van der Waals surface area (Å²) in [6, 6.07) is 7.47. The summed E-state index contributed by atoms with van der Waals surface area (Å²) in [6.07, 6.45) is 1.13. The molecule has 0 heterocycles. The van der Waals surface area contributed by atoms with Crippen molar-refractivity contribution in [1.29, 1.82) is 0 Å². The van der Waals surface area contributed by atoms with Gasteiger partial charge in [-0.2, -0.15) is 11.8 Å². The summed E-state index contributed by atoms with van der Waals surface area (Å²) in [4.78, 5) is 0. The van der Waals surface area contributed by atoms with Gasteiger partial charge in [0, 0.05) is 11.8 Å². The molecule has 1 atom stereocenters. The van der Waals surface area contributed by atoms with Gasteiger partial charge in [0.05, 0.1) is 0 Å². The monoisotopic (exact) mass is 265 g/mol. The Morgan fingerprint density at radius 3 is 2.22 bits per heavy atom. The Labute approximate surface area is 117 Å². The van der Waals surface area contributed by atoms with Crippen LogP contribution in [0.2, 0.25) is 0 Å². The second kappa shape index (κ2) is 7.85. The van der Waals surface area contributed by atoms with Crippen molar-refractivity contribution in [2.45, 2.75) is 52.3 Å². The zero-order valence-electron chi connectivity index (χ0n) is 12.4. The predicted octanol–water partition coefficient (Wildman–Crippen LogP) is 3.97. The van der Waals surface area contributed by atoms with Crippen molar-refractivity contribution < 1.29 is 0 Å². The van der Waals surface area contributed by atoms with Crippen LogP contribution in [0.25, 0.3) is 0 Å². The highest BCUT2D eigenvalue weighted by Gasteiger charge is 2.10. The van der Waals surface area contributed by atoms with Crippen LogP contribution in [-0.2, 0) is 6.42 Å². The van der Waals surface area contributed by atoms with E-state index in [-0.39, 0.29) is 0 Å². The van der Waals surface area contributed by atoms with Crippen molar-refractivity contribution in [3.05, 3.63) is 34.9 Å². The van der Waals surface area contributed by atoms with Crippen LogP contribution in [0.5, 0.6) is 0 Å². The molecule has 1 aromatic carbocycles. The Morgan fingerprint density at radius 2 is 1.72 bits per heavy atom. The Morgan fingerprint density at radius 1 is 1.11 bits per heavy atom. The van der Waals surface area contributed by atoms with Gasteiger partial charge in [-0.1, -0.05) is 50.1 Å². The lowest BCUT2D eigenvalue weighted by atomic mass is 10.0. The molecule has 1 unspecified atom stereocenters. The lowest BCUT2D eigenvalue weighted by Gasteiger charge is -2.19. The van der Waals surface area contributed by atoms with Crippen molar-refractivity contribution in [1.82, 2.24) is 5.32 Å². The van der Waals surface area contributed by atoms with Crippen LogP contribution in [-0.4, -0.2) is 23.6 Å². The van der Waals surface area contributed by atoms with E-state index < -0.39 is 0 Å². The fourth-order valence-corrected chi connectivity index (χ4v) is 3.11. The van der Waals surface area contributed by atoms with E-state index >= 15 is 0 Å². The number of rotatable bonds is 7. The zero-order valence-corrected chi connectivity index (χ0v) is 13.2. The average molecular weight is 265 g/mol. The van der Waals surface area contributed by atoms with Crippen LogP contribution in [0.15, 0.2) is 18.2 Å². The van der Waals surface area contributed by atoms with Crippen LogP contribution in [0.4, 0.5) is 0 Å². The van der Waals surface area contributed by atoms with Gasteiger partial charge in [-0.25, -0.2) is 0 Å². The van der Waals surface area contributed by atoms with E-state index in [1.54, 1.807) is 0 Å². The molecule has 102 valence electrons. The first-order valence-electron chi connectivity index (χ1n) is 6.93. The molecule has 0 saturated carbocycles. The number of likely N-dealkylation sites (N-methyl/N-ethyl adjacent to an activating group) is 1. The first-order chi connectivity index (χ1) is 8.51. The number of thioether (sulfide) groups is 1. The summed E-state index contributed by atoms with van der Waals surface area (Å²) in [5.41, 5.74) is 4.20. The molecule has 1 aromatic rings. The van der Waals surface area contributed by atoms with E-state index in [0.717, 1.165) is 13.0 Å². The lowest BCUT2D eigenvalue weighted by Crippen LogP contribution is -2.33. The summed E-state index contributed by atoms with van der Waals surface area (Å²) in [7, 11) is 0.